The Morgan fingerprint density at radius 1 is 0.966 bits per heavy atom. The molecule has 0 unspecified atom stereocenters. The Morgan fingerprint density at radius 2 is 1.62 bits per heavy atom. The van der Waals surface area contributed by atoms with Gasteiger partial charge in [0.05, 0.1) is 24.9 Å². The van der Waals surface area contributed by atoms with Crippen molar-refractivity contribution < 1.29 is 4.74 Å². The van der Waals surface area contributed by atoms with Crippen LogP contribution in [0.1, 0.15) is 16.8 Å². The average Bonchev–Trinajstić information content (AvgIpc) is 3.24. The minimum Gasteiger partial charge on any atom is -0.491 e. The van der Waals surface area contributed by atoms with E-state index in [-0.39, 0.29) is 11.3 Å². The van der Waals surface area contributed by atoms with Crippen molar-refractivity contribution in [3.8, 4) is 22.8 Å². The van der Waals surface area contributed by atoms with Gasteiger partial charge in [-0.2, -0.15) is 4.68 Å². The molecule has 0 aliphatic heterocycles. The smallest absolute Gasteiger partial charge is 0.294 e. The number of nitrogens with zero attached hydrogens (tertiary/aromatic N) is 5. The van der Waals surface area contributed by atoms with E-state index in [2.05, 4.69) is 15.5 Å². The zero-order valence-electron chi connectivity index (χ0n) is 16.5. The lowest BCUT2D eigenvalue weighted by Gasteiger charge is -2.18. The number of pyridine rings is 1. The maximum absolute atomic E-state index is 13.3. The van der Waals surface area contributed by atoms with Crippen molar-refractivity contribution in [1.29, 1.82) is 0 Å². The summed E-state index contributed by atoms with van der Waals surface area (Å²) in [5.74, 6) is 0.702. The van der Waals surface area contributed by atoms with Crippen LogP contribution in [0.3, 0.4) is 0 Å². The molecule has 2 aromatic heterocycles. The normalized spacial score (nSPS) is 10.9. The van der Waals surface area contributed by atoms with E-state index in [4.69, 9.17) is 4.74 Å². The average molecular weight is 387 g/mol. The second-order valence-electron chi connectivity index (χ2n) is 6.75. The molecule has 0 fully saturated rings. The quantitative estimate of drug-likeness (QED) is 0.526. The van der Waals surface area contributed by atoms with Crippen LogP contribution in [0.15, 0.2) is 65.5 Å². The van der Waals surface area contributed by atoms with Gasteiger partial charge < -0.3 is 9.30 Å². The summed E-state index contributed by atoms with van der Waals surface area (Å²) >= 11 is 0. The van der Waals surface area contributed by atoms with Crippen molar-refractivity contribution in [2.75, 3.05) is 7.11 Å². The van der Waals surface area contributed by atoms with Gasteiger partial charge >= 0.3 is 0 Å². The fourth-order valence-corrected chi connectivity index (χ4v) is 3.44. The maximum atomic E-state index is 13.3. The number of methoxy groups -OCH3 is 1. The number of para-hydroxylation sites is 1. The molecular weight excluding hydrogens is 366 g/mol. The van der Waals surface area contributed by atoms with Gasteiger partial charge in [-0.1, -0.05) is 48.5 Å². The van der Waals surface area contributed by atoms with E-state index < -0.39 is 0 Å². The zero-order chi connectivity index (χ0) is 20.4. The van der Waals surface area contributed by atoms with Crippen molar-refractivity contribution in [2.45, 2.75) is 20.4 Å². The summed E-state index contributed by atoms with van der Waals surface area (Å²) in [6.45, 7) is 4.35. The number of hydrogen-bond acceptors (Lipinski definition) is 5. The molecule has 0 saturated heterocycles. The lowest BCUT2D eigenvalue weighted by atomic mass is 10.0. The fraction of sp³-hybridized carbons (Fsp3) is 0.182. The number of ether oxygens (including phenoxy) is 1. The van der Waals surface area contributed by atoms with Gasteiger partial charge in [0.15, 0.2) is 11.6 Å². The van der Waals surface area contributed by atoms with Crippen LogP contribution >= 0.6 is 0 Å². The van der Waals surface area contributed by atoms with Gasteiger partial charge in [-0.25, -0.2) is 0 Å². The van der Waals surface area contributed by atoms with E-state index in [1.165, 1.54) is 7.11 Å². The van der Waals surface area contributed by atoms with Gasteiger partial charge in [0.2, 0.25) is 0 Å². The van der Waals surface area contributed by atoms with Crippen LogP contribution in [0.5, 0.6) is 5.75 Å². The molecule has 0 aliphatic carbocycles. The number of tetrazole rings is 1. The second kappa shape index (κ2) is 7.71. The Morgan fingerprint density at radius 3 is 2.28 bits per heavy atom. The van der Waals surface area contributed by atoms with Crippen molar-refractivity contribution >= 4 is 0 Å². The molecule has 4 aromatic rings. The summed E-state index contributed by atoms with van der Waals surface area (Å²) in [6, 6.07) is 19.4. The monoisotopic (exact) mass is 387 g/mol. The standard InChI is InChI=1S/C22H21N5O2/c1-15-16(2)26(14-17-10-6-4-7-11-17)22(28)20(29-3)19(15)21-23-24-25-27(21)18-12-8-5-9-13-18/h4-13H,14H2,1-3H3. The predicted molar refractivity (Wildman–Crippen MR) is 110 cm³/mol. The van der Waals surface area contributed by atoms with Gasteiger partial charge in [0.25, 0.3) is 5.56 Å². The highest BCUT2D eigenvalue weighted by Gasteiger charge is 2.24. The fourth-order valence-electron chi connectivity index (χ4n) is 3.44. The van der Waals surface area contributed by atoms with E-state index in [1.54, 1.807) is 9.25 Å². The van der Waals surface area contributed by atoms with Gasteiger partial charge in [-0.05, 0) is 47.5 Å². The molecule has 2 heterocycles. The Kier molecular flexibility index (Phi) is 4.95. The number of aromatic nitrogens is 5. The molecule has 0 bridgehead atoms. The molecule has 29 heavy (non-hydrogen) atoms. The molecule has 0 spiro atoms. The third-order valence-corrected chi connectivity index (χ3v) is 5.07. The Bertz CT molecular complexity index is 1200. The van der Waals surface area contributed by atoms with E-state index in [0.29, 0.717) is 17.9 Å². The first-order valence-corrected chi connectivity index (χ1v) is 9.28. The van der Waals surface area contributed by atoms with Gasteiger partial charge in [0.1, 0.15) is 0 Å². The highest BCUT2D eigenvalue weighted by atomic mass is 16.5. The first-order valence-electron chi connectivity index (χ1n) is 9.28. The second-order valence-corrected chi connectivity index (χ2v) is 6.75. The van der Waals surface area contributed by atoms with Crippen LogP contribution in [0.4, 0.5) is 0 Å². The first-order chi connectivity index (χ1) is 14.1. The van der Waals surface area contributed by atoms with Gasteiger partial charge in [-0.15, -0.1) is 5.10 Å². The van der Waals surface area contributed by atoms with Crippen LogP contribution < -0.4 is 10.3 Å². The summed E-state index contributed by atoms with van der Waals surface area (Å²) in [5.41, 5.74) is 3.98. The van der Waals surface area contributed by atoms with Gasteiger partial charge in [0, 0.05) is 5.69 Å². The highest BCUT2D eigenvalue weighted by Crippen LogP contribution is 2.31. The SMILES string of the molecule is COc1c(-c2nnnn2-c2ccccc2)c(C)c(C)n(Cc2ccccc2)c1=O. The minimum atomic E-state index is -0.211. The summed E-state index contributed by atoms with van der Waals surface area (Å²) in [7, 11) is 1.50. The number of hydrogen-bond donors (Lipinski definition) is 0. The van der Waals surface area contributed by atoms with E-state index in [9.17, 15) is 4.79 Å². The van der Waals surface area contributed by atoms with Crippen molar-refractivity contribution in [3.63, 3.8) is 0 Å². The van der Waals surface area contributed by atoms with Crippen molar-refractivity contribution in [1.82, 2.24) is 24.8 Å². The lowest BCUT2D eigenvalue weighted by Crippen LogP contribution is -2.26. The van der Waals surface area contributed by atoms with Crippen LogP contribution in [-0.4, -0.2) is 31.9 Å². The van der Waals surface area contributed by atoms with Crippen molar-refractivity contribution in [3.05, 3.63) is 87.8 Å². The van der Waals surface area contributed by atoms with Gasteiger partial charge in [-0.3, -0.25) is 4.79 Å². The third kappa shape index (κ3) is 3.31. The topological polar surface area (TPSA) is 74.8 Å². The summed E-state index contributed by atoms with van der Waals surface area (Å²) in [6.07, 6.45) is 0. The molecule has 0 amide bonds. The molecule has 0 N–H and O–H groups in total. The number of benzene rings is 2. The Hall–Kier alpha value is -3.74. The predicted octanol–water partition coefficient (Wildman–Crippen LogP) is 3.16. The molecule has 7 nitrogen and oxygen atoms in total. The lowest BCUT2D eigenvalue weighted by molar-refractivity contribution is 0.403. The Balaban J connectivity index is 1.91. The number of rotatable bonds is 5. The molecular formula is C22H21N5O2. The molecule has 4 rings (SSSR count). The van der Waals surface area contributed by atoms with Crippen LogP contribution in [-0.2, 0) is 6.54 Å². The highest BCUT2D eigenvalue weighted by molar-refractivity contribution is 5.70. The summed E-state index contributed by atoms with van der Waals surface area (Å²) < 4.78 is 8.90. The summed E-state index contributed by atoms with van der Waals surface area (Å²) in [5, 5.41) is 12.2. The zero-order valence-corrected chi connectivity index (χ0v) is 16.5. The van der Waals surface area contributed by atoms with Crippen LogP contribution in [0.25, 0.3) is 17.1 Å². The molecule has 0 saturated carbocycles. The Labute approximate surface area is 168 Å². The maximum Gasteiger partial charge on any atom is 0.294 e. The van der Waals surface area contributed by atoms with Crippen molar-refractivity contribution in [2.24, 2.45) is 0 Å². The van der Waals surface area contributed by atoms with E-state index in [1.807, 2.05) is 74.5 Å². The van der Waals surface area contributed by atoms with E-state index in [0.717, 1.165) is 22.5 Å². The third-order valence-electron chi connectivity index (χ3n) is 5.07. The van der Waals surface area contributed by atoms with E-state index >= 15 is 0 Å². The molecule has 2 aromatic carbocycles. The molecule has 0 radical (unpaired) electrons. The van der Waals surface area contributed by atoms with Crippen LogP contribution in [0.2, 0.25) is 0 Å². The summed E-state index contributed by atoms with van der Waals surface area (Å²) in [4.78, 5) is 13.3. The molecule has 0 aliphatic rings. The first kappa shape index (κ1) is 18.6. The molecule has 0 atom stereocenters. The molecule has 7 heteroatoms. The van der Waals surface area contributed by atoms with Crippen LogP contribution in [0, 0.1) is 13.8 Å². The largest absolute Gasteiger partial charge is 0.491 e. The molecule has 146 valence electrons. The minimum absolute atomic E-state index is 0.211.